The Morgan fingerprint density at radius 3 is 3.15 bits per heavy atom. The van der Waals surface area contributed by atoms with Crippen LogP contribution in [0.5, 0.6) is 5.75 Å². The number of aromatic nitrogens is 2. The zero-order valence-corrected chi connectivity index (χ0v) is 11.6. The summed E-state index contributed by atoms with van der Waals surface area (Å²) in [4.78, 5) is 4.51. The van der Waals surface area contributed by atoms with Crippen LogP contribution in [0.15, 0.2) is 28.8 Å². The summed E-state index contributed by atoms with van der Waals surface area (Å²) < 4.78 is 10.9. The van der Waals surface area contributed by atoms with E-state index in [0.29, 0.717) is 18.3 Å². The third-order valence-electron chi connectivity index (χ3n) is 3.45. The summed E-state index contributed by atoms with van der Waals surface area (Å²) in [5, 5.41) is 7.49. The number of piperidine rings is 1. The van der Waals surface area contributed by atoms with Crippen LogP contribution in [0.25, 0.3) is 11.4 Å². The van der Waals surface area contributed by atoms with Crippen molar-refractivity contribution in [3.8, 4) is 17.1 Å². The van der Waals surface area contributed by atoms with Gasteiger partial charge in [-0.1, -0.05) is 23.7 Å². The molecule has 0 bridgehead atoms. The van der Waals surface area contributed by atoms with Gasteiger partial charge in [-0.3, -0.25) is 0 Å². The van der Waals surface area contributed by atoms with Gasteiger partial charge in [0.25, 0.3) is 0 Å². The van der Waals surface area contributed by atoms with Gasteiger partial charge in [-0.05, 0) is 38.4 Å². The van der Waals surface area contributed by atoms with E-state index in [9.17, 15) is 0 Å². The highest BCUT2D eigenvalue weighted by Crippen LogP contribution is 2.25. The summed E-state index contributed by atoms with van der Waals surface area (Å²) in [6.07, 6.45) is 3.48. The van der Waals surface area contributed by atoms with Crippen molar-refractivity contribution in [3.63, 3.8) is 0 Å². The summed E-state index contributed by atoms with van der Waals surface area (Å²) in [6.45, 7) is 3.63. The van der Waals surface area contributed by atoms with Crippen molar-refractivity contribution in [1.29, 1.82) is 0 Å². The topological polar surface area (TPSA) is 60.2 Å². The van der Waals surface area contributed by atoms with E-state index in [1.54, 1.807) is 0 Å². The second-order valence-electron chi connectivity index (χ2n) is 4.92. The largest absolute Gasteiger partial charge is 0.494 e. The average Bonchev–Trinajstić information content (AvgIpc) is 2.99. The highest BCUT2D eigenvalue weighted by molar-refractivity contribution is 5.56. The van der Waals surface area contributed by atoms with Gasteiger partial charge in [0.1, 0.15) is 5.75 Å². The molecule has 1 fully saturated rings. The van der Waals surface area contributed by atoms with Crippen LogP contribution in [-0.4, -0.2) is 23.3 Å². The van der Waals surface area contributed by atoms with Crippen LogP contribution in [0.2, 0.25) is 0 Å². The lowest BCUT2D eigenvalue weighted by Gasteiger charge is -2.19. The minimum Gasteiger partial charge on any atom is -0.494 e. The molecule has 0 unspecified atom stereocenters. The predicted octanol–water partition coefficient (Wildman–Crippen LogP) is 2.95. The fraction of sp³-hybridized carbons (Fsp3) is 0.467. The SMILES string of the molecule is CCOc1cccc(-c2noc([C@H]3CCCCN3)n2)c1. The normalized spacial score (nSPS) is 18.9. The van der Waals surface area contributed by atoms with Crippen molar-refractivity contribution in [3.05, 3.63) is 30.2 Å². The van der Waals surface area contributed by atoms with Crippen LogP contribution < -0.4 is 10.1 Å². The van der Waals surface area contributed by atoms with Crippen molar-refractivity contribution in [2.24, 2.45) is 0 Å². The highest BCUT2D eigenvalue weighted by Gasteiger charge is 2.21. The molecular formula is C15H19N3O2. The van der Waals surface area contributed by atoms with Gasteiger partial charge in [-0.2, -0.15) is 4.98 Å². The molecule has 2 heterocycles. The number of nitrogens with zero attached hydrogens (tertiary/aromatic N) is 2. The second kappa shape index (κ2) is 6.05. The van der Waals surface area contributed by atoms with Gasteiger partial charge in [0, 0.05) is 5.56 Å². The Kier molecular flexibility index (Phi) is 3.97. The van der Waals surface area contributed by atoms with Crippen molar-refractivity contribution < 1.29 is 9.26 Å². The first-order valence-electron chi connectivity index (χ1n) is 7.17. The van der Waals surface area contributed by atoms with E-state index in [-0.39, 0.29) is 6.04 Å². The minimum atomic E-state index is 0.195. The lowest BCUT2D eigenvalue weighted by Crippen LogP contribution is -2.26. The van der Waals surface area contributed by atoms with Crippen LogP contribution >= 0.6 is 0 Å². The lowest BCUT2D eigenvalue weighted by atomic mass is 10.1. The van der Waals surface area contributed by atoms with Crippen molar-refractivity contribution in [1.82, 2.24) is 15.5 Å². The molecule has 1 aliphatic heterocycles. The molecule has 1 atom stereocenters. The molecule has 0 spiro atoms. The Hall–Kier alpha value is -1.88. The van der Waals surface area contributed by atoms with Gasteiger partial charge in [0.2, 0.25) is 11.7 Å². The zero-order chi connectivity index (χ0) is 13.8. The van der Waals surface area contributed by atoms with Crippen molar-refractivity contribution >= 4 is 0 Å². The number of nitrogens with one attached hydrogen (secondary N) is 1. The smallest absolute Gasteiger partial charge is 0.244 e. The fourth-order valence-electron chi connectivity index (χ4n) is 2.45. The van der Waals surface area contributed by atoms with E-state index in [0.717, 1.165) is 24.3 Å². The molecule has 5 nitrogen and oxygen atoms in total. The molecule has 3 rings (SSSR count). The molecule has 1 N–H and O–H groups in total. The maximum atomic E-state index is 5.49. The van der Waals surface area contributed by atoms with Crippen LogP contribution in [0.3, 0.4) is 0 Å². The van der Waals surface area contributed by atoms with Gasteiger partial charge >= 0.3 is 0 Å². The Morgan fingerprint density at radius 1 is 1.40 bits per heavy atom. The predicted molar refractivity (Wildman–Crippen MR) is 75.5 cm³/mol. The molecule has 20 heavy (non-hydrogen) atoms. The molecule has 0 aliphatic carbocycles. The second-order valence-corrected chi connectivity index (χ2v) is 4.92. The molecule has 106 valence electrons. The van der Waals surface area contributed by atoms with Crippen LogP contribution in [0.4, 0.5) is 0 Å². The maximum absolute atomic E-state index is 5.49. The molecule has 5 heteroatoms. The highest BCUT2D eigenvalue weighted by atomic mass is 16.5. The van der Waals surface area contributed by atoms with E-state index >= 15 is 0 Å². The Balaban J connectivity index is 1.80. The van der Waals surface area contributed by atoms with Gasteiger partial charge in [0.05, 0.1) is 12.6 Å². The van der Waals surface area contributed by atoms with E-state index in [1.807, 2.05) is 31.2 Å². The lowest BCUT2D eigenvalue weighted by molar-refractivity contribution is 0.297. The first-order chi connectivity index (χ1) is 9.86. The van der Waals surface area contributed by atoms with Crippen LogP contribution in [0.1, 0.15) is 38.1 Å². The van der Waals surface area contributed by atoms with E-state index < -0.39 is 0 Å². The third-order valence-corrected chi connectivity index (χ3v) is 3.45. The van der Waals surface area contributed by atoms with Crippen molar-refractivity contribution in [2.45, 2.75) is 32.2 Å². The fourth-order valence-corrected chi connectivity index (χ4v) is 2.45. The Labute approximate surface area is 118 Å². The Morgan fingerprint density at radius 2 is 2.35 bits per heavy atom. The maximum Gasteiger partial charge on any atom is 0.244 e. The van der Waals surface area contributed by atoms with Crippen LogP contribution in [0, 0.1) is 0 Å². The molecule has 1 aromatic heterocycles. The molecular weight excluding hydrogens is 254 g/mol. The van der Waals surface area contributed by atoms with Gasteiger partial charge in [-0.25, -0.2) is 0 Å². The number of hydrogen-bond acceptors (Lipinski definition) is 5. The summed E-state index contributed by atoms with van der Waals surface area (Å²) in [5.41, 5.74) is 0.918. The van der Waals surface area contributed by atoms with Gasteiger partial charge in [0.15, 0.2) is 0 Å². The molecule has 0 radical (unpaired) electrons. The molecule has 0 amide bonds. The number of benzene rings is 1. The minimum absolute atomic E-state index is 0.195. The van der Waals surface area contributed by atoms with E-state index in [2.05, 4.69) is 15.5 Å². The molecule has 1 aromatic carbocycles. The summed E-state index contributed by atoms with van der Waals surface area (Å²) >= 11 is 0. The molecule has 1 saturated heterocycles. The number of rotatable bonds is 4. The molecule has 2 aromatic rings. The molecule has 0 saturated carbocycles. The Bertz CT molecular complexity index is 562. The zero-order valence-electron chi connectivity index (χ0n) is 11.6. The monoisotopic (exact) mass is 273 g/mol. The van der Waals surface area contributed by atoms with E-state index in [4.69, 9.17) is 9.26 Å². The van der Waals surface area contributed by atoms with Crippen LogP contribution in [-0.2, 0) is 0 Å². The van der Waals surface area contributed by atoms with E-state index in [1.165, 1.54) is 12.8 Å². The van der Waals surface area contributed by atoms with Gasteiger partial charge < -0.3 is 14.6 Å². The number of hydrogen-bond donors (Lipinski definition) is 1. The first-order valence-corrected chi connectivity index (χ1v) is 7.17. The summed E-state index contributed by atoms with van der Waals surface area (Å²) in [6, 6.07) is 7.96. The van der Waals surface area contributed by atoms with Gasteiger partial charge in [-0.15, -0.1) is 0 Å². The standard InChI is InChI=1S/C15H19N3O2/c1-2-19-12-7-5-6-11(10-12)14-17-15(20-18-14)13-8-3-4-9-16-13/h5-7,10,13,16H,2-4,8-9H2,1H3/t13-/m1/s1. The first kappa shape index (κ1) is 13.1. The molecule has 1 aliphatic rings. The van der Waals surface area contributed by atoms with Crippen molar-refractivity contribution in [2.75, 3.05) is 13.2 Å². The summed E-state index contributed by atoms with van der Waals surface area (Å²) in [7, 11) is 0. The average molecular weight is 273 g/mol. The number of ether oxygens (including phenoxy) is 1. The third kappa shape index (κ3) is 2.82. The summed E-state index contributed by atoms with van der Waals surface area (Å²) in [5.74, 6) is 2.13. The quantitative estimate of drug-likeness (QED) is 0.928.